The van der Waals surface area contributed by atoms with Crippen molar-refractivity contribution in [3.8, 4) is 5.69 Å². The third kappa shape index (κ3) is 4.36. The molecule has 0 aliphatic carbocycles. The van der Waals surface area contributed by atoms with E-state index in [2.05, 4.69) is 15.5 Å². The van der Waals surface area contributed by atoms with Crippen molar-refractivity contribution in [3.05, 3.63) is 59.4 Å². The standard InChI is InChI=1S/C15H12ClFN4O2S2/c16-11-4-6-14(7-5-11)25(22,23)9-8-24-15-18-19-20-21(15)13-3-1-2-12(17)10-13/h1-7,10H,8-9H2. The molecule has 0 aliphatic heterocycles. The lowest BCUT2D eigenvalue weighted by Gasteiger charge is -2.06. The van der Waals surface area contributed by atoms with Gasteiger partial charge in [0.2, 0.25) is 5.16 Å². The summed E-state index contributed by atoms with van der Waals surface area (Å²) in [6.07, 6.45) is 0. The van der Waals surface area contributed by atoms with Crippen LogP contribution in [0.25, 0.3) is 5.69 Å². The zero-order valence-corrected chi connectivity index (χ0v) is 15.1. The Labute approximate surface area is 152 Å². The second-order valence-corrected chi connectivity index (χ2v) is 8.58. The summed E-state index contributed by atoms with van der Waals surface area (Å²) in [6, 6.07) is 11.8. The smallest absolute Gasteiger partial charge is 0.214 e. The van der Waals surface area contributed by atoms with E-state index in [-0.39, 0.29) is 16.4 Å². The SMILES string of the molecule is O=S(=O)(CCSc1nnnn1-c1cccc(F)c1)c1ccc(Cl)cc1. The van der Waals surface area contributed by atoms with Crippen LogP contribution < -0.4 is 0 Å². The van der Waals surface area contributed by atoms with E-state index in [1.165, 1.54) is 52.8 Å². The van der Waals surface area contributed by atoms with E-state index >= 15 is 0 Å². The number of aromatic nitrogens is 4. The van der Waals surface area contributed by atoms with Gasteiger partial charge in [-0.1, -0.05) is 29.4 Å². The van der Waals surface area contributed by atoms with Gasteiger partial charge in [0.25, 0.3) is 0 Å². The average molecular weight is 399 g/mol. The summed E-state index contributed by atoms with van der Waals surface area (Å²) < 4.78 is 39.3. The van der Waals surface area contributed by atoms with E-state index in [0.717, 1.165) is 0 Å². The van der Waals surface area contributed by atoms with Crippen LogP contribution in [-0.2, 0) is 9.84 Å². The van der Waals surface area contributed by atoms with Crippen LogP contribution >= 0.6 is 23.4 Å². The minimum absolute atomic E-state index is 0.0880. The number of hydrogen-bond acceptors (Lipinski definition) is 6. The van der Waals surface area contributed by atoms with Gasteiger partial charge in [0.1, 0.15) is 5.82 Å². The van der Waals surface area contributed by atoms with E-state index in [1.54, 1.807) is 12.1 Å². The predicted molar refractivity (Wildman–Crippen MR) is 93.3 cm³/mol. The maximum atomic E-state index is 13.3. The molecule has 0 amide bonds. The topological polar surface area (TPSA) is 77.7 Å². The summed E-state index contributed by atoms with van der Waals surface area (Å²) in [5.74, 6) is -0.245. The molecule has 0 saturated carbocycles. The number of tetrazole rings is 1. The van der Waals surface area contributed by atoms with Crippen molar-refractivity contribution >= 4 is 33.2 Å². The number of sulfone groups is 1. The van der Waals surface area contributed by atoms with Gasteiger partial charge in [0.15, 0.2) is 9.84 Å². The Morgan fingerprint density at radius 1 is 1.16 bits per heavy atom. The minimum atomic E-state index is -3.43. The van der Waals surface area contributed by atoms with Crippen LogP contribution in [0.15, 0.2) is 58.6 Å². The predicted octanol–water partition coefficient (Wildman–Crippen LogP) is 3.02. The third-order valence-electron chi connectivity index (χ3n) is 3.25. The first-order chi connectivity index (χ1) is 12.0. The van der Waals surface area contributed by atoms with Gasteiger partial charge in [-0.25, -0.2) is 12.8 Å². The highest BCUT2D eigenvalue weighted by Crippen LogP contribution is 2.21. The zero-order valence-electron chi connectivity index (χ0n) is 12.7. The molecule has 0 N–H and O–H groups in total. The summed E-state index contributed by atoms with van der Waals surface area (Å²) in [6.45, 7) is 0. The molecule has 2 aromatic carbocycles. The number of rotatable bonds is 6. The van der Waals surface area contributed by atoms with E-state index in [0.29, 0.717) is 15.9 Å². The van der Waals surface area contributed by atoms with E-state index in [9.17, 15) is 12.8 Å². The molecule has 130 valence electrons. The summed E-state index contributed by atoms with van der Waals surface area (Å²) in [7, 11) is -3.43. The molecule has 0 aliphatic rings. The van der Waals surface area contributed by atoms with Gasteiger partial charge in [0.05, 0.1) is 16.3 Å². The molecule has 10 heteroatoms. The van der Waals surface area contributed by atoms with E-state index in [1.807, 2.05) is 0 Å². The molecule has 0 radical (unpaired) electrons. The highest BCUT2D eigenvalue weighted by Gasteiger charge is 2.16. The first kappa shape index (κ1) is 17.8. The van der Waals surface area contributed by atoms with Gasteiger partial charge >= 0.3 is 0 Å². The quantitative estimate of drug-likeness (QED) is 0.594. The number of hydrogen-bond donors (Lipinski definition) is 0. The molecule has 6 nitrogen and oxygen atoms in total. The monoisotopic (exact) mass is 398 g/mol. The van der Waals surface area contributed by atoms with Crippen LogP contribution in [0.4, 0.5) is 4.39 Å². The number of nitrogens with zero attached hydrogens (tertiary/aromatic N) is 4. The molecule has 0 saturated heterocycles. The Balaban J connectivity index is 1.69. The van der Waals surface area contributed by atoms with E-state index < -0.39 is 15.7 Å². The molecule has 25 heavy (non-hydrogen) atoms. The molecule has 0 spiro atoms. The van der Waals surface area contributed by atoms with Crippen LogP contribution in [0.1, 0.15) is 0 Å². The van der Waals surface area contributed by atoms with Gasteiger partial charge in [-0.15, -0.1) is 5.10 Å². The van der Waals surface area contributed by atoms with Crippen molar-refractivity contribution in [2.45, 2.75) is 10.1 Å². The molecular weight excluding hydrogens is 387 g/mol. The summed E-state index contributed by atoms with van der Waals surface area (Å²) in [4.78, 5) is 0.210. The second kappa shape index (κ2) is 7.51. The van der Waals surface area contributed by atoms with Crippen LogP contribution in [0.3, 0.4) is 0 Å². The molecule has 0 bridgehead atoms. The third-order valence-corrected chi connectivity index (χ3v) is 6.41. The number of thioether (sulfide) groups is 1. The number of benzene rings is 2. The van der Waals surface area contributed by atoms with Crippen LogP contribution in [0, 0.1) is 5.82 Å². The van der Waals surface area contributed by atoms with Crippen LogP contribution in [-0.4, -0.2) is 40.1 Å². The van der Waals surface area contributed by atoms with Gasteiger partial charge < -0.3 is 0 Å². The molecule has 3 aromatic rings. The molecule has 3 rings (SSSR count). The lowest BCUT2D eigenvalue weighted by Crippen LogP contribution is -2.09. The van der Waals surface area contributed by atoms with Crippen LogP contribution in [0.2, 0.25) is 5.02 Å². The minimum Gasteiger partial charge on any atom is -0.224 e. The Morgan fingerprint density at radius 2 is 1.92 bits per heavy atom. The highest BCUT2D eigenvalue weighted by molar-refractivity contribution is 8.00. The Bertz CT molecular complexity index is 977. The van der Waals surface area contributed by atoms with Crippen molar-refractivity contribution in [2.75, 3.05) is 11.5 Å². The average Bonchev–Trinajstić information content (AvgIpc) is 3.03. The van der Waals surface area contributed by atoms with Crippen LogP contribution in [0.5, 0.6) is 0 Å². The highest BCUT2D eigenvalue weighted by atomic mass is 35.5. The Hall–Kier alpha value is -1.97. The van der Waals surface area contributed by atoms with Gasteiger partial charge in [-0.3, -0.25) is 0 Å². The Morgan fingerprint density at radius 3 is 2.64 bits per heavy atom. The second-order valence-electron chi connectivity index (χ2n) is 4.97. The maximum absolute atomic E-state index is 13.3. The van der Waals surface area contributed by atoms with Gasteiger partial charge in [0, 0.05) is 10.8 Å². The Kier molecular flexibility index (Phi) is 5.36. The van der Waals surface area contributed by atoms with Crippen molar-refractivity contribution in [1.82, 2.24) is 20.2 Å². The summed E-state index contributed by atoms with van der Waals surface area (Å²) >= 11 is 6.95. The first-order valence-electron chi connectivity index (χ1n) is 7.11. The molecule has 1 heterocycles. The summed E-state index contributed by atoms with van der Waals surface area (Å²) in [5.41, 5.74) is 0.466. The molecule has 0 atom stereocenters. The fraction of sp³-hybridized carbons (Fsp3) is 0.133. The molecule has 0 fully saturated rings. The van der Waals surface area contributed by atoms with Crippen molar-refractivity contribution in [3.63, 3.8) is 0 Å². The van der Waals surface area contributed by atoms with Crippen molar-refractivity contribution in [1.29, 1.82) is 0 Å². The lowest BCUT2D eigenvalue weighted by atomic mass is 10.3. The first-order valence-corrected chi connectivity index (χ1v) is 10.1. The largest absolute Gasteiger partial charge is 0.224 e. The number of halogens is 2. The normalized spacial score (nSPS) is 11.6. The maximum Gasteiger partial charge on any atom is 0.214 e. The zero-order chi connectivity index (χ0) is 17.9. The van der Waals surface area contributed by atoms with Gasteiger partial charge in [-0.2, -0.15) is 4.68 Å². The molecule has 0 unspecified atom stereocenters. The van der Waals surface area contributed by atoms with Crippen molar-refractivity contribution in [2.24, 2.45) is 0 Å². The van der Waals surface area contributed by atoms with Crippen molar-refractivity contribution < 1.29 is 12.8 Å². The summed E-state index contributed by atoms with van der Waals surface area (Å²) in [5, 5.41) is 12.1. The fourth-order valence-electron chi connectivity index (χ4n) is 2.04. The van der Waals surface area contributed by atoms with Gasteiger partial charge in [-0.05, 0) is 52.9 Å². The fourth-order valence-corrected chi connectivity index (χ4v) is 4.71. The van der Waals surface area contributed by atoms with E-state index in [4.69, 9.17) is 11.6 Å². The molecule has 1 aromatic heterocycles. The molecular formula is C15H12ClFN4O2S2. The lowest BCUT2D eigenvalue weighted by molar-refractivity contribution is 0.597.